The number of carbonyl (C=O) groups excluding carboxylic acids is 1. The first-order chi connectivity index (χ1) is 15.1. The molecule has 0 amide bonds. The molecule has 1 aliphatic heterocycles. The van der Waals surface area contributed by atoms with Crippen molar-refractivity contribution in [2.45, 2.75) is 29.2 Å². The van der Waals surface area contributed by atoms with E-state index in [-0.39, 0.29) is 17.5 Å². The van der Waals surface area contributed by atoms with Crippen molar-refractivity contribution < 1.29 is 13.9 Å². The van der Waals surface area contributed by atoms with Gasteiger partial charge in [0.2, 0.25) is 0 Å². The summed E-state index contributed by atoms with van der Waals surface area (Å²) in [6.45, 7) is 2.64. The number of nitrogens with zero attached hydrogens (tertiary/aromatic N) is 1. The minimum Gasteiger partial charge on any atom is -0.497 e. The van der Waals surface area contributed by atoms with Gasteiger partial charge in [0.15, 0.2) is 5.78 Å². The Morgan fingerprint density at radius 2 is 1.77 bits per heavy atom. The topological polar surface area (TPSA) is 29.5 Å². The predicted octanol–water partition coefficient (Wildman–Crippen LogP) is 6.08. The Morgan fingerprint density at radius 3 is 2.52 bits per heavy atom. The average Bonchev–Trinajstić information content (AvgIpc) is 2.81. The second-order valence-corrected chi connectivity index (χ2v) is 8.93. The Labute approximate surface area is 187 Å². The van der Waals surface area contributed by atoms with E-state index in [1.165, 1.54) is 22.6 Å². The van der Waals surface area contributed by atoms with Crippen LogP contribution in [0.1, 0.15) is 28.8 Å². The molecule has 0 N–H and O–H groups in total. The lowest BCUT2D eigenvalue weighted by Crippen LogP contribution is -2.36. The third kappa shape index (κ3) is 5.54. The number of ketones is 1. The zero-order valence-corrected chi connectivity index (χ0v) is 18.4. The molecule has 0 aromatic heterocycles. The fraction of sp³-hybridized carbons (Fsp3) is 0.269. The molecule has 0 spiro atoms. The first kappa shape index (κ1) is 21.6. The van der Waals surface area contributed by atoms with Crippen LogP contribution in [0.15, 0.2) is 82.6 Å². The zero-order chi connectivity index (χ0) is 21.6. The molecule has 0 aliphatic carbocycles. The number of methoxy groups -OCH3 is 1. The van der Waals surface area contributed by atoms with Gasteiger partial charge in [0.1, 0.15) is 11.6 Å². The highest BCUT2D eigenvalue weighted by molar-refractivity contribution is 7.99. The molecular weight excluding hydrogens is 409 g/mol. The zero-order valence-electron chi connectivity index (χ0n) is 17.6. The number of likely N-dealkylation sites (tertiary alicyclic amines) is 1. The third-order valence-corrected chi connectivity index (χ3v) is 6.83. The molecule has 1 saturated heterocycles. The van der Waals surface area contributed by atoms with Gasteiger partial charge in [-0.25, -0.2) is 4.39 Å². The lowest BCUT2D eigenvalue weighted by Gasteiger charge is -2.31. The number of hydrogen-bond donors (Lipinski definition) is 0. The van der Waals surface area contributed by atoms with Gasteiger partial charge in [-0.3, -0.25) is 9.69 Å². The standard InChI is InChI=1S/C26H26FNO2S/c1-30-23-6-4-7-24(17-23)31-25-8-3-2-5-21(25)18-28-15-13-20(14-16-28)26(29)19-9-11-22(27)12-10-19/h2-12,17,20H,13-16,18H2,1H3. The van der Waals surface area contributed by atoms with Gasteiger partial charge in [-0.15, -0.1) is 0 Å². The molecule has 5 heteroatoms. The first-order valence-electron chi connectivity index (χ1n) is 10.5. The van der Waals surface area contributed by atoms with E-state index in [4.69, 9.17) is 4.74 Å². The summed E-state index contributed by atoms with van der Waals surface area (Å²) in [5.41, 5.74) is 1.90. The third-order valence-electron chi connectivity index (χ3n) is 5.72. The highest BCUT2D eigenvalue weighted by atomic mass is 32.2. The largest absolute Gasteiger partial charge is 0.497 e. The molecule has 0 radical (unpaired) electrons. The maximum Gasteiger partial charge on any atom is 0.166 e. The Morgan fingerprint density at radius 1 is 1.03 bits per heavy atom. The quantitative estimate of drug-likeness (QED) is 0.421. The van der Waals surface area contributed by atoms with Crippen LogP contribution < -0.4 is 4.74 Å². The van der Waals surface area contributed by atoms with Crippen LogP contribution in [0.4, 0.5) is 4.39 Å². The maximum atomic E-state index is 13.1. The molecule has 0 bridgehead atoms. The van der Waals surface area contributed by atoms with Gasteiger partial charge in [0.05, 0.1) is 7.11 Å². The van der Waals surface area contributed by atoms with Crippen molar-refractivity contribution in [3.8, 4) is 5.75 Å². The maximum absolute atomic E-state index is 13.1. The summed E-state index contributed by atoms with van der Waals surface area (Å²) in [5, 5.41) is 0. The van der Waals surface area contributed by atoms with E-state index in [1.807, 2.05) is 18.2 Å². The van der Waals surface area contributed by atoms with Crippen molar-refractivity contribution in [3.63, 3.8) is 0 Å². The molecule has 1 heterocycles. The van der Waals surface area contributed by atoms with Crippen LogP contribution in [0.3, 0.4) is 0 Å². The molecule has 0 atom stereocenters. The molecule has 1 aliphatic rings. The van der Waals surface area contributed by atoms with Crippen LogP contribution in [-0.4, -0.2) is 30.9 Å². The van der Waals surface area contributed by atoms with E-state index in [0.29, 0.717) is 5.56 Å². The Hall–Kier alpha value is -2.63. The minimum absolute atomic E-state index is 0.0168. The fourth-order valence-corrected chi connectivity index (χ4v) is 4.96. The Kier molecular flexibility index (Phi) is 7.05. The van der Waals surface area contributed by atoms with Crippen molar-refractivity contribution in [3.05, 3.63) is 89.7 Å². The Bertz CT molecular complexity index is 1030. The summed E-state index contributed by atoms with van der Waals surface area (Å²) in [5.74, 6) is 0.698. The number of benzene rings is 3. The number of rotatable bonds is 7. The van der Waals surface area contributed by atoms with Crippen LogP contribution >= 0.6 is 11.8 Å². The molecule has 3 nitrogen and oxygen atoms in total. The molecule has 3 aromatic carbocycles. The number of halogens is 1. The number of Topliss-reactive ketones (excluding diaryl/α,β-unsaturated/α-hetero) is 1. The summed E-state index contributed by atoms with van der Waals surface area (Å²) >= 11 is 1.74. The van der Waals surface area contributed by atoms with Gasteiger partial charge in [0, 0.05) is 27.8 Å². The summed E-state index contributed by atoms with van der Waals surface area (Å²) in [6, 6.07) is 22.5. The van der Waals surface area contributed by atoms with Crippen molar-refractivity contribution >= 4 is 17.5 Å². The molecule has 1 fully saturated rings. The van der Waals surface area contributed by atoms with Gasteiger partial charge < -0.3 is 4.74 Å². The lowest BCUT2D eigenvalue weighted by molar-refractivity contribution is 0.0834. The highest BCUT2D eigenvalue weighted by Crippen LogP contribution is 2.33. The van der Waals surface area contributed by atoms with Crippen LogP contribution in [0.2, 0.25) is 0 Å². The van der Waals surface area contributed by atoms with E-state index in [1.54, 1.807) is 31.0 Å². The number of carbonyl (C=O) groups is 1. The molecule has 0 saturated carbocycles. The van der Waals surface area contributed by atoms with Crippen LogP contribution in [0.5, 0.6) is 5.75 Å². The average molecular weight is 436 g/mol. The number of ether oxygens (including phenoxy) is 1. The highest BCUT2D eigenvalue weighted by Gasteiger charge is 2.26. The van der Waals surface area contributed by atoms with Crippen molar-refractivity contribution in [1.82, 2.24) is 4.90 Å². The van der Waals surface area contributed by atoms with Crippen LogP contribution in [-0.2, 0) is 6.54 Å². The van der Waals surface area contributed by atoms with E-state index < -0.39 is 0 Å². The minimum atomic E-state index is -0.308. The molecule has 0 unspecified atom stereocenters. The SMILES string of the molecule is COc1cccc(Sc2ccccc2CN2CCC(C(=O)c3ccc(F)cc3)CC2)c1. The van der Waals surface area contributed by atoms with Crippen LogP contribution in [0, 0.1) is 11.7 Å². The van der Waals surface area contributed by atoms with Crippen LogP contribution in [0.25, 0.3) is 0 Å². The van der Waals surface area contributed by atoms with Gasteiger partial charge in [-0.05, 0) is 80.0 Å². The molecule has 31 heavy (non-hydrogen) atoms. The monoisotopic (exact) mass is 435 g/mol. The van der Waals surface area contributed by atoms with Gasteiger partial charge in [-0.2, -0.15) is 0 Å². The number of hydrogen-bond acceptors (Lipinski definition) is 4. The summed E-state index contributed by atoms with van der Waals surface area (Å²) in [4.78, 5) is 17.5. The van der Waals surface area contributed by atoms with Crippen molar-refractivity contribution in [2.24, 2.45) is 5.92 Å². The molecule has 3 aromatic rings. The van der Waals surface area contributed by atoms with E-state index in [0.717, 1.165) is 43.1 Å². The second-order valence-electron chi connectivity index (χ2n) is 7.81. The lowest BCUT2D eigenvalue weighted by atomic mass is 9.89. The van der Waals surface area contributed by atoms with E-state index in [9.17, 15) is 9.18 Å². The Balaban J connectivity index is 1.37. The summed E-state index contributed by atoms with van der Waals surface area (Å²) < 4.78 is 18.5. The summed E-state index contributed by atoms with van der Waals surface area (Å²) in [6.07, 6.45) is 1.67. The van der Waals surface area contributed by atoms with Gasteiger partial charge in [-0.1, -0.05) is 36.0 Å². The van der Waals surface area contributed by atoms with Crippen molar-refractivity contribution in [2.75, 3.05) is 20.2 Å². The van der Waals surface area contributed by atoms with E-state index >= 15 is 0 Å². The summed E-state index contributed by atoms with van der Waals surface area (Å²) in [7, 11) is 1.68. The number of piperidine rings is 1. The fourth-order valence-electron chi connectivity index (χ4n) is 3.97. The molecular formula is C26H26FNO2S. The second kappa shape index (κ2) is 10.1. The van der Waals surface area contributed by atoms with E-state index in [2.05, 4.69) is 35.2 Å². The van der Waals surface area contributed by atoms with Gasteiger partial charge >= 0.3 is 0 Å². The van der Waals surface area contributed by atoms with Crippen molar-refractivity contribution in [1.29, 1.82) is 0 Å². The first-order valence-corrected chi connectivity index (χ1v) is 11.4. The molecule has 160 valence electrons. The normalized spacial score (nSPS) is 15.0. The smallest absolute Gasteiger partial charge is 0.166 e. The molecule has 4 rings (SSSR count). The predicted molar refractivity (Wildman–Crippen MR) is 122 cm³/mol. The van der Waals surface area contributed by atoms with Gasteiger partial charge in [0.25, 0.3) is 0 Å².